The maximum absolute atomic E-state index is 3.76. The van der Waals surface area contributed by atoms with Crippen molar-refractivity contribution in [2.75, 3.05) is 24.5 Å². The molecule has 1 N–H and O–H groups in total. The first-order valence-electron chi connectivity index (χ1n) is 7.94. The molecule has 0 aromatic heterocycles. The lowest BCUT2D eigenvalue weighted by atomic mass is 10.0. The minimum Gasteiger partial charge on any atom is -0.371 e. The van der Waals surface area contributed by atoms with Gasteiger partial charge in [0, 0.05) is 24.1 Å². The summed E-state index contributed by atoms with van der Waals surface area (Å²) in [5, 5.41) is 3.46. The van der Waals surface area contributed by atoms with Gasteiger partial charge in [-0.1, -0.05) is 19.9 Å². The average molecular weight is 339 g/mol. The highest BCUT2D eigenvalue weighted by atomic mass is 79.9. The first-order valence-corrected chi connectivity index (χ1v) is 8.74. The molecule has 1 unspecified atom stereocenters. The molecule has 0 amide bonds. The van der Waals surface area contributed by atoms with E-state index in [1.54, 1.807) is 0 Å². The van der Waals surface area contributed by atoms with Crippen LogP contribution in [-0.2, 0) is 6.54 Å². The first-order chi connectivity index (χ1) is 9.70. The predicted octanol–water partition coefficient (Wildman–Crippen LogP) is 4.58. The van der Waals surface area contributed by atoms with Crippen LogP contribution in [0.15, 0.2) is 22.7 Å². The number of hydrogen-bond donors (Lipinski definition) is 1. The summed E-state index contributed by atoms with van der Waals surface area (Å²) in [6.45, 7) is 9.00. The fourth-order valence-electron chi connectivity index (χ4n) is 2.83. The fourth-order valence-corrected chi connectivity index (χ4v) is 3.51. The number of nitrogens with zero attached hydrogens (tertiary/aromatic N) is 1. The van der Waals surface area contributed by atoms with E-state index in [0.29, 0.717) is 0 Å². The summed E-state index contributed by atoms with van der Waals surface area (Å²) in [4.78, 5) is 2.54. The van der Waals surface area contributed by atoms with Crippen molar-refractivity contribution in [3.05, 3.63) is 28.2 Å². The van der Waals surface area contributed by atoms with Gasteiger partial charge in [-0.25, -0.2) is 0 Å². The molecule has 0 saturated carbocycles. The molecular formula is C17H27BrN2. The molecule has 20 heavy (non-hydrogen) atoms. The Hall–Kier alpha value is -0.540. The Bertz CT molecular complexity index is 419. The molecule has 2 rings (SSSR count). The van der Waals surface area contributed by atoms with Gasteiger partial charge in [-0.15, -0.1) is 0 Å². The van der Waals surface area contributed by atoms with Crippen molar-refractivity contribution in [3.8, 4) is 0 Å². The van der Waals surface area contributed by atoms with Crippen molar-refractivity contribution in [2.45, 2.75) is 46.1 Å². The van der Waals surface area contributed by atoms with Gasteiger partial charge in [0.1, 0.15) is 0 Å². The molecule has 0 spiro atoms. The number of nitrogens with one attached hydrogen (secondary N) is 1. The summed E-state index contributed by atoms with van der Waals surface area (Å²) in [5.41, 5.74) is 2.72. The van der Waals surface area contributed by atoms with E-state index >= 15 is 0 Å². The number of benzene rings is 1. The minimum absolute atomic E-state index is 0.872. The molecule has 1 aliphatic rings. The molecule has 0 aliphatic carbocycles. The zero-order valence-corrected chi connectivity index (χ0v) is 14.4. The van der Waals surface area contributed by atoms with Crippen molar-refractivity contribution >= 4 is 21.6 Å². The lowest BCUT2D eigenvalue weighted by Gasteiger charge is -2.24. The Morgan fingerprint density at radius 1 is 1.30 bits per heavy atom. The Balaban J connectivity index is 2.01. The molecule has 1 atom stereocenters. The van der Waals surface area contributed by atoms with Crippen LogP contribution in [0.2, 0.25) is 0 Å². The van der Waals surface area contributed by atoms with Gasteiger partial charge in [0.15, 0.2) is 0 Å². The number of hydrogen-bond acceptors (Lipinski definition) is 2. The Morgan fingerprint density at radius 2 is 2.15 bits per heavy atom. The largest absolute Gasteiger partial charge is 0.371 e. The quantitative estimate of drug-likeness (QED) is 0.790. The highest BCUT2D eigenvalue weighted by molar-refractivity contribution is 9.10. The smallest absolute Gasteiger partial charge is 0.0510 e. The second-order valence-electron chi connectivity index (χ2n) is 5.99. The van der Waals surface area contributed by atoms with Crippen LogP contribution in [0.4, 0.5) is 5.69 Å². The summed E-state index contributed by atoms with van der Waals surface area (Å²) in [6, 6.07) is 6.81. The van der Waals surface area contributed by atoms with Crippen LogP contribution in [0.3, 0.4) is 0 Å². The van der Waals surface area contributed by atoms with Crippen LogP contribution in [0, 0.1) is 5.92 Å². The molecule has 0 bridgehead atoms. The van der Waals surface area contributed by atoms with Crippen LogP contribution < -0.4 is 10.2 Å². The third kappa shape index (κ3) is 4.49. The van der Waals surface area contributed by atoms with Crippen molar-refractivity contribution < 1.29 is 0 Å². The molecule has 1 aromatic carbocycles. The topological polar surface area (TPSA) is 15.3 Å². The van der Waals surface area contributed by atoms with Crippen LogP contribution in [0.1, 0.15) is 45.1 Å². The van der Waals surface area contributed by atoms with E-state index in [1.165, 1.54) is 54.5 Å². The van der Waals surface area contributed by atoms with Gasteiger partial charge in [-0.05, 0) is 71.8 Å². The van der Waals surface area contributed by atoms with E-state index in [1.807, 2.05) is 0 Å². The Morgan fingerprint density at radius 3 is 2.90 bits per heavy atom. The fraction of sp³-hybridized carbons (Fsp3) is 0.647. The van der Waals surface area contributed by atoms with Crippen molar-refractivity contribution in [3.63, 3.8) is 0 Å². The molecule has 112 valence electrons. The van der Waals surface area contributed by atoms with E-state index < -0.39 is 0 Å². The lowest BCUT2D eigenvalue weighted by Crippen LogP contribution is -2.24. The van der Waals surface area contributed by atoms with Crippen molar-refractivity contribution in [1.29, 1.82) is 0 Å². The Labute approximate surface area is 132 Å². The van der Waals surface area contributed by atoms with Gasteiger partial charge in [0.2, 0.25) is 0 Å². The molecule has 3 heteroatoms. The monoisotopic (exact) mass is 338 g/mol. The Kier molecular flexibility index (Phi) is 6.37. The predicted molar refractivity (Wildman–Crippen MR) is 91.4 cm³/mol. The molecule has 1 heterocycles. The number of halogens is 1. The summed E-state index contributed by atoms with van der Waals surface area (Å²) < 4.78 is 1.24. The number of anilines is 1. The number of rotatable bonds is 5. The normalized spacial score (nSPS) is 19.9. The molecule has 1 aliphatic heterocycles. The van der Waals surface area contributed by atoms with Crippen molar-refractivity contribution in [1.82, 2.24) is 5.32 Å². The first kappa shape index (κ1) is 15.8. The SMILES string of the molecule is CCCNCc1ccc(N2CCCC(C)CC2)c(Br)c1. The summed E-state index contributed by atoms with van der Waals surface area (Å²) in [6.07, 6.45) is 5.18. The van der Waals surface area contributed by atoms with E-state index in [0.717, 1.165) is 19.0 Å². The highest BCUT2D eigenvalue weighted by Gasteiger charge is 2.16. The van der Waals surface area contributed by atoms with E-state index in [9.17, 15) is 0 Å². The van der Waals surface area contributed by atoms with Gasteiger partial charge < -0.3 is 10.2 Å². The van der Waals surface area contributed by atoms with Gasteiger partial charge in [0.25, 0.3) is 0 Å². The average Bonchev–Trinajstić information content (AvgIpc) is 2.64. The van der Waals surface area contributed by atoms with Crippen molar-refractivity contribution in [2.24, 2.45) is 5.92 Å². The third-order valence-electron chi connectivity index (χ3n) is 4.13. The summed E-state index contributed by atoms with van der Waals surface area (Å²) in [7, 11) is 0. The van der Waals surface area contributed by atoms with Crippen LogP contribution in [0.25, 0.3) is 0 Å². The molecule has 1 fully saturated rings. The van der Waals surface area contributed by atoms with Gasteiger partial charge in [0.05, 0.1) is 5.69 Å². The van der Waals surface area contributed by atoms with Gasteiger partial charge >= 0.3 is 0 Å². The zero-order valence-electron chi connectivity index (χ0n) is 12.8. The molecular weight excluding hydrogens is 312 g/mol. The maximum Gasteiger partial charge on any atom is 0.0510 e. The van der Waals surface area contributed by atoms with Crippen LogP contribution in [0.5, 0.6) is 0 Å². The standard InChI is InChI=1S/C17H27BrN2/c1-3-9-19-13-15-6-7-17(16(18)12-15)20-10-4-5-14(2)8-11-20/h6-7,12,14,19H,3-5,8-11,13H2,1-2H3. The highest BCUT2D eigenvalue weighted by Crippen LogP contribution is 2.30. The molecule has 1 aromatic rings. The van der Waals surface area contributed by atoms with E-state index in [-0.39, 0.29) is 0 Å². The summed E-state index contributed by atoms with van der Waals surface area (Å²) >= 11 is 3.76. The molecule has 1 saturated heterocycles. The maximum atomic E-state index is 3.76. The van der Waals surface area contributed by atoms with Gasteiger partial charge in [-0.2, -0.15) is 0 Å². The molecule has 0 radical (unpaired) electrons. The second-order valence-corrected chi connectivity index (χ2v) is 6.84. The zero-order chi connectivity index (χ0) is 14.4. The van der Waals surface area contributed by atoms with E-state index in [2.05, 4.69) is 58.2 Å². The van der Waals surface area contributed by atoms with Crippen LogP contribution in [-0.4, -0.2) is 19.6 Å². The molecule has 2 nitrogen and oxygen atoms in total. The van der Waals surface area contributed by atoms with Gasteiger partial charge in [-0.3, -0.25) is 0 Å². The summed E-state index contributed by atoms with van der Waals surface area (Å²) in [5.74, 6) is 0.872. The minimum atomic E-state index is 0.872. The second kappa shape index (κ2) is 8.04. The van der Waals surface area contributed by atoms with Crippen LogP contribution >= 0.6 is 15.9 Å². The third-order valence-corrected chi connectivity index (χ3v) is 4.76. The lowest BCUT2D eigenvalue weighted by molar-refractivity contribution is 0.521. The van der Waals surface area contributed by atoms with E-state index in [4.69, 9.17) is 0 Å².